The molecule has 0 amide bonds. The van der Waals surface area contributed by atoms with Gasteiger partial charge in [0, 0.05) is 17.0 Å². The van der Waals surface area contributed by atoms with Crippen LogP contribution in [0.2, 0.25) is 0 Å². The predicted molar refractivity (Wildman–Crippen MR) is 65.1 cm³/mol. The van der Waals surface area contributed by atoms with E-state index in [2.05, 4.69) is 0 Å². The first kappa shape index (κ1) is 12.2. The molecule has 2 rings (SSSR count). The highest BCUT2D eigenvalue weighted by molar-refractivity contribution is 5.87. The molecule has 0 fully saturated rings. The Kier molecular flexibility index (Phi) is 3.06. The number of fused-ring (bicyclic) bond motifs is 1. The minimum atomic E-state index is -0.990. The van der Waals surface area contributed by atoms with Crippen molar-refractivity contribution >= 4 is 16.9 Å². The lowest BCUT2D eigenvalue weighted by Gasteiger charge is -2.09. The SMILES string of the molecule is COc1ccc2c(CC(=O)O)cc(=O)oc2c1C. The van der Waals surface area contributed by atoms with Gasteiger partial charge in [0.25, 0.3) is 0 Å². The number of carboxylic acids is 1. The van der Waals surface area contributed by atoms with Gasteiger partial charge in [-0.1, -0.05) is 0 Å². The highest BCUT2D eigenvalue weighted by Gasteiger charge is 2.13. The lowest BCUT2D eigenvalue weighted by molar-refractivity contribution is -0.136. The third-order valence-corrected chi connectivity index (χ3v) is 2.76. The highest BCUT2D eigenvalue weighted by atomic mass is 16.5. The van der Waals surface area contributed by atoms with Crippen LogP contribution in [0.1, 0.15) is 11.1 Å². The average Bonchev–Trinajstić information content (AvgIpc) is 2.29. The van der Waals surface area contributed by atoms with Crippen LogP contribution >= 0.6 is 0 Å². The van der Waals surface area contributed by atoms with Crippen LogP contribution in [0.4, 0.5) is 0 Å². The van der Waals surface area contributed by atoms with E-state index in [0.717, 1.165) is 0 Å². The average molecular weight is 248 g/mol. The summed E-state index contributed by atoms with van der Waals surface area (Å²) in [5.41, 5.74) is 0.937. The Labute approximate surface area is 103 Å². The minimum absolute atomic E-state index is 0.214. The summed E-state index contributed by atoms with van der Waals surface area (Å²) >= 11 is 0. The zero-order chi connectivity index (χ0) is 13.3. The third kappa shape index (κ3) is 2.07. The van der Waals surface area contributed by atoms with Crippen LogP contribution in [0.5, 0.6) is 5.75 Å². The fourth-order valence-electron chi connectivity index (χ4n) is 1.94. The van der Waals surface area contributed by atoms with E-state index in [4.69, 9.17) is 14.3 Å². The molecule has 1 N–H and O–H groups in total. The number of benzene rings is 1. The molecule has 0 saturated carbocycles. The Hall–Kier alpha value is -2.30. The molecule has 18 heavy (non-hydrogen) atoms. The van der Waals surface area contributed by atoms with E-state index in [1.807, 2.05) is 0 Å². The highest BCUT2D eigenvalue weighted by Crippen LogP contribution is 2.28. The van der Waals surface area contributed by atoms with Gasteiger partial charge in [0.15, 0.2) is 0 Å². The van der Waals surface area contributed by atoms with Crippen molar-refractivity contribution in [2.45, 2.75) is 13.3 Å². The molecule has 0 aliphatic rings. The molecule has 94 valence electrons. The van der Waals surface area contributed by atoms with E-state index in [0.29, 0.717) is 27.8 Å². The second kappa shape index (κ2) is 4.52. The first-order chi connectivity index (χ1) is 8.52. The van der Waals surface area contributed by atoms with Gasteiger partial charge in [-0.2, -0.15) is 0 Å². The number of hydrogen-bond donors (Lipinski definition) is 1. The Bertz CT molecular complexity index is 669. The van der Waals surface area contributed by atoms with E-state index in [1.54, 1.807) is 19.1 Å². The van der Waals surface area contributed by atoms with Gasteiger partial charge in [0.05, 0.1) is 13.5 Å². The summed E-state index contributed by atoms with van der Waals surface area (Å²) in [6, 6.07) is 4.63. The fraction of sp³-hybridized carbons (Fsp3) is 0.231. The van der Waals surface area contributed by atoms with Gasteiger partial charge in [-0.3, -0.25) is 4.79 Å². The van der Waals surface area contributed by atoms with E-state index >= 15 is 0 Å². The van der Waals surface area contributed by atoms with Crippen LogP contribution in [-0.4, -0.2) is 18.2 Å². The Morgan fingerprint density at radius 3 is 2.78 bits per heavy atom. The summed E-state index contributed by atoms with van der Waals surface area (Å²) in [6.07, 6.45) is -0.214. The molecule has 1 heterocycles. The number of ether oxygens (including phenoxy) is 1. The third-order valence-electron chi connectivity index (χ3n) is 2.76. The van der Waals surface area contributed by atoms with Gasteiger partial charge in [-0.25, -0.2) is 4.79 Å². The van der Waals surface area contributed by atoms with E-state index in [1.165, 1.54) is 13.2 Å². The van der Waals surface area contributed by atoms with Gasteiger partial charge in [-0.05, 0) is 24.6 Å². The van der Waals surface area contributed by atoms with Crippen molar-refractivity contribution in [3.63, 3.8) is 0 Å². The molecular formula is C13H12O5. The molecule has 1 aromatic carbocycles. The summed E-state index contributed by atoms with van der Waals surface area (Å²) in [5, 5.41) is 9.45. The lowest BCUT2D eigenvalue weighted by Crippen LogP contribution is -2.07. The number of methoxy groups -OCH3 is 1. The monoisotopic (exact) mass is 248 g/mol. The second-order valence-corrected chi connectivity index (χ2v) is 3.93. The molecule has 0 unspecified atom stereocenters. The lowest BCUT2D eigenvalue weighted by atomic mass is 10.0. The van der Waals surface area contributed by atoms with Crippen LogP contribution in [0.25, 0.3) is 11.0 Å². The van der Waals surface area contributed by atoms with Crippen molar-refractivity contribution in [2.24, 2.45) is 0 Å². The molecule has 0 spiro atoms. The van der Waals surface area contributed by atoms with Gasteiger partial charge in [0.1, 0.15) is 11.3 Å². The Morgan fingerprint density at radius 2 is 2.17 bits per heavy atom. The summed E-state index contributed by atoms with van der Waals surface area (Å²) < 4.78 is 10.3. The number of hydrogen-bond acceptors (Lipinski definition) is 4. The van der Waals surface area contributed by atoms with Crippen molar-refractivity contribution in [1.82, 2.24) is 0 Å². The van der Waals surface area contributed by atoms with Crippen LogP contribution < -0.4 is 10.4 Å². The summed E-state index contributed by atoms with van der Waals surface area (Å²) in [7, 11) is 1.52. The van der Waals surface area contributed by atoms with Crippen molar-refractivity contribution in [2.75, 3.05) is 7.11 Å². The molecule has 0 saturated heterocycles. The molecule has 0 aliphatic heterocycles. The summed E-state index contributed by atoms with van der Waals surface area (Å²) in [5.74, 6) is -0.395. The summed E-state index contributed by atoms with van der Waals surface area (Å²) in [4.78, 5) is 22.2. The maximum absolute atomic E-state index is 11.4. The molecule has 0 bridgehead atoms. The van der Waals surface area contributed by atoms with E-state index < -0.39 is 11.6 Å². The summed E-state index contributed by atoms with van der Waals surface area (Å²) in [6.45, 7) is 1.76. The zero-order valence-corrected chi connectivity index (χ0v) is 10.0. The van der Waals surface area contributed by atoms with Crippen LogP contribution in [-0.2, 0) is 11.2 Å². The van der Waals surface area contributed by atoms with Crippen LogP contribution in [0.15, 0.2) is 27.4 Å². The smallest absolute Gasteiger partial charge is 0.336 e. The largest absolute Gasteiger partial charge is 0.496 e. The Balaban J connectivity index is 2.78. The first-order valence-electron chi connectivity index (χ1n) is 5.35. The van der Waals surface area contributed by atoms with E-state index in [9.17, 15) is 9.59 Å². The Morgan fingerprint density at radius 1 is 1.44 bits per heavy atom. The van der Waals surface area contributed by atoms with Crippen LogP contribution in [0.3, 0.4) is 0 Å². The number of carboxylic acid groups (broad SMARTS) is 1. The molecular weight excluding hydrogens is 236 g/mol. The van der Waals surface area contributed by atoms with Crippen molar-refractivity contribution in [1.29, 1.82) is 0 Å². The molecule has 1 aromatic heterocycles. The second-order valence-electron chi connectivity index (χ2n) is 3.93. The molecule has 0 radical (unpaired) electrons. The van der Waals surface area contributed by atoms with Crippen molar-refractivity contribution in [3.8, 4) is 5.75 Å². The number of aryl methyl sites for hydroxylation is 1. The first-order valence-corrected chi connectivity index (χ1v) is 5.35. The normalized spacial score (nSPS) is 10.6. The minimum Gasteiger partial charge on any atom is -0.496 e. The molecule has 5 heteroatoms. The van der Waals surface area contributed by atoms with Crippen molar-refractivity contribution < 1.29 is 19.1 Å². The maximum Gasteiger partial charge on any atom is 0.336 e. The number of carbonyl (C=O) groups is 1. The van der Waals surface area contributed by atoms with Gasteiger partial charge in [-0.15, -0.1) is 0 Å². The quantitative estimate of drug-likeness (QED) is 0.837. The molecule has 0 atom stereocenters. The zero-order valence-electron chi connectivity index (χ0n) is 10.0. The van der Waals surface area contributed by atoms with Crippen molar-refractivity contribution in [3.05, 3.63) is 39.7 Å². The molecule has 5 nitrogen and oxygen atoms in total. The van der Waals surface area contributed by atoms with Gasteiger partial charge >= 0.3 is 11.6 Å². The number of rotatable bonds is 3. The topological polar surface area (TPSA) is 76.7 Å². The number of aliphatic carboxylic acids is 1. The van der Waals surface area contributed by atoms with E-state index in [-0.39, 0.29) is 6.42 Å². The fourth-order valence-corrected chi connectivity index (χ4v) is 1.94. The maximum atomic E-state index is 11.4. The molecule has 0 aliphatic carbocycles. The van der Waals surface area contributed by atoms with Gasteiger partial charge < -0.3 is 14.3 Å². The standard InChI is InChI=1S/C13H12O5/c1-7-10(17-2)4-3-9-8(5-11(14)15)6-12(16)18-13(7)9/h3-4,6H,5H2,1-2H3,(H,14,15). The van der Waals surface area contributed by atoms with Gasteiger partial charge in [0.2, 0.25) is 0 Å². The predicted octanol–water partition coefficient (Wildman–Crippen LogP) is 1.74. The van der Waals surface area contributed by atoms with Crippen LogP contribution in [0, 0.1) is 6.92 Å². The molecule has 2 aromatic rings.